The number of nitrogens with zero attached hydrogens (tertiary/aromatic N) is 1. The molecule has 0 fully saturated rings. The minimum absolute atomic E-state index is 0.117. The molecule has 0 aliphatic rings. The van der Waals surface area contributed by atoms with Gasteiger partial charge in [-0.1, -0.05) is 42.5 Å². The molecule has 0 bridgehead atoms. The fraction of sp³-hybridized carbons (Fsp3) is 0.0909. The summed E-state index contributed by atoms with van der Waals surface area (Å²) in [5.41, 5.74) is 5.49. The number of amides is 1. The molecule has 0 heterocycles. The summed E-state index contributed by atoms with van der Waals surface area (Å²) in [6.07, 6.45) is 1.55. The molecule has 0 saturated carbocycles. The summed E-state index contributed by atoms with van der Waals surface area (Å²) in [4.78, 5) is 11.9. The zero-order chi connectivity index (χ0) is 19.8. The Hall–Kier alpha value is -3.12. The molecule has 0 atom stereocenters. The lowest BCUT2D eigenvalue weighted by atomic mass is 10.1. The molecule has 3 aromatic carbocycles. The first-order valence-electron chi connectivity index (χ1n) is 8.59. The summed E-state index contributed by atoms with van der Waals surface area (Å²) in [5.74, 6) is 1.02. The zero-order valence-electron chi connectivity index (χ0n) is 15.3. The van der Waals surface area contributed by atoms with Gasteiger partial charge in [-0.2, -0.15) is 5.10 Å². The summed E-state index contributed by atoms with van der Waals surface area (Å²) in [7, 11) is 1.60. The van der Waals surface area contributed by atoms with E-state index in [9.17, 15) is 4.79 Å². The van der Waals surface area contributed by atoms with Crippen LogP contribution in [0.5, 0.6) is 11.5 Å². The van der Waals surface area contributed by atoms with Crippen LogP contribution in [0.2, 0.25) is 0 Å². The van der Waals surface area contributed by atoms with Gasteiger partial charge in [0.25, 0.3) is 5.91 Å². The summed E-state index contributed by atoms with van der Waals surface area (Å²) in [6, 6.07) is 23.2. The largest absolute Gasteiger partial charge is 0.496 e. The van der Waals surface area contributed by atoms with Gasteiger partial charge in [-0.05, 0) is 63.0 Å². The third-order valence-corrected chi connectivity index (χ3v) is 4.53. The van der Waals surface area contributed by atoms with E-state index in [1.807, 2.05) is 72.8 Å². The lowest BCUT2D eigenvalue weighted by Gasteiger charge is -2.07. The minimum Gasteiger partial charge on any atom is -0.496 e. The predicted molar refractivity (Wildman–Crippen MR) is 114 cm³/mol. The first-order valence-corrected chi connectivity index (χ1v) is 9.39. The smallest absolute Gasteiger partial charge is 0.277 e. The number of hydrazone groups is 1. The van der Waals surface area contributed by atoms with Crippen LogP contribution >= 0.6 is 15.9 Å². The number of carbonyl (C=O) groups is 1. The number of halogens is 1. The van der Waals surface area contributed by atoms with Crippen molar-refractivity contribution >= 4 is 28.1 Å². The highest BCUT2D eigenvalue weighted by atomic mass is 79.9. The summed E-state index contributed by atoms with van der Waals surface area (Å²) in [5, 5.41) is 3.94. The maximum Gasteiger partial charge on any atom is 0.277 e. The first kappa shape index (κ1) is 19.6. The fourth-order valence-corrected chi connectivity index (χ4v) is 3.06. The monoisotopic (exact) mass is 438 g/mol. The Balaban J connectivity index is 1.48. The summed E-state index contributed by atoms with van der Waals surface area (Å²) >= 11 is 3.40. The average Bonchev–Trinajstić information content (AvgIpc) is 2.73. The molecular formula is C22H19BrN2O3. The van der Waals surface area contributed by atoms with Gasteiger partial charge in [0.2, 0.25) is 0 Å². The van der Waals surface area contributed by atoms with Crippen LogP contribution in [-0.2, 0) is 4.79 Å². The predicted octanol–water partition coefficient (Wildman–Crippen LogP) is 4.65. The van der Waals surface area contributed by atoms with Crippen LogP contribution < -0.4 is 14.9 Å². The normalized spacial score (nSPS) is 10.6. The fourth-order valence-electron chi connectivity index (χ4n) is 2.50. The average molecular weight is 439 g/mol. The highest BCUT2D eigenvalue weighted by Crippen LogP contribution is 2.25. The topological polar surface area (TPSA) is 59.9 Å². The lowest BCUT2D eigenvalue weighted by Crippen LogP contribution is -2.24. The van der Waals surface area contributed by atoms with Crippen molar-refractivity contribution in [2.24, 2.45) is 5.10 Å². The first-order chi connectivity index (χ1) is 13.7. The number of carbonyl (C=O) groups excluding carboxylic acids is 1. The third-order valence-electron chi connectivity index (χ3n) is 3.91. The molecule has 1 N–H and O–H groups in total. The molecule has 0 aliphatic heterocycles. The molecule has 0 aromatic heterocycles. The van der Waals surface area contributed by atoms with Crippen molar-refractivity contribution < 1.29 is 14.3 Å². The van der Waals surface area contributed by atoms with Crippen LogP contribution in [-0.4, -0.2) is 25.8 Å². The van der Waals surface area contributed by atoms with Crippen LogP contribution in [0.25, 0.3) is 11.1 Å². The quantitative estimate of drug-likeness (QED) is 0.431. The number of benzene rings is 3. The standard InChI is InChI=1S/C22H19BrN2O3/c1-27-21-12-7-16(13-20(21)23)14-24-25-22(26)15-28-19-10-8-18(9-11-19)17-5-3-2-4-6-17/h2-14H,15H2,1H3,(H,25,26)/b24-14-. The van der Waals surface area contributed by atoms with Crippen molar-refractivity contribution in [3.63, 3.8) is 0 Å². The summed E-state index contributed by atoms with van der Waals surface area (Å²) < 4.78 is 11.5. The van der Waals surface area contributed by atoms with Gasteiger partial charge in [-0.25, -0.2) is 5.43 Å². The molecule has 3 aromatic rings. The van der Waals surface area contributed by atoms with E-state index in [4.69, 9.17) is 9.47 Å². The van der Waals surface area contributed by atoms with Gasteiger partial charge < -0.3 is 9.47 Å². The van der Waals surface area contributed by atoms with Crippen molar-refractivity contribution in [3.8, 4) is 22.6 Å². The maximum absolute atomic E-state index is 11.9. The summed E-state index contributed by atoms with van der Waals surface area (Å²) in [6.45, 7) is -0.117. The molecule has 5 nitrogen and oxygen atoms in total. The zero-order valence-corrected chi connectivity index (χ0v) is 16.8. The number of rotatable bonds is 7. The molecule has 0 unspecified atom stereocenters. The number of hydrogen-bond acceptors (Lipinski definition) is 4. The molecule has 3 rings (SSSR count). The van der Waals surface area contributed by atoms with Gasteiger partial charge in [0.1, 0.15) is 11.5 Å². The molecule has 0 saturated heterocycles. The number of methoxy groups -OCH3 is 1. The van der Waals surface area contributed by atoms with E-state index < -0.39 is 0 Å². The van der Waals surface area contributed by atoms with Crippen LogP contribution in [0.1, 0.15) is 5.56 Å². The van der Waals surface area contributed by atoms with Gasteiger partial charge >= 0.3 is 0 Å². The van der Waals surface area contributed by atoms with Crippen molar-refractivity contribution in [3.05, 3.63) is 82.8 Å². The van der Waals surface area contributed by atoms with E-state index in [2.05, 4.69) is 26.5 Å². The SMILES string of the molecule is COc1ccc(/C=N\NC(=O)COc2ccc(-c3ccccc3)cc2)cc1Br. The molecule has 0 radical (unpaired) electrons. The highest BCUT2D eigenvalue weighted by molar-refractivity contribution is 9.10. The second-order valence-corrected chi connectivity index (χ2v) is 6.72. The van der Waals surface area contributed by atoms with E-state index in [1.165, 1.54) is 0 Å². The minimum atomic E-state index is -0.337. The van der Waals surface area contributed by atoms with Gasteiger partial charge in [0.15, 0.2) is 6.61 Å². The lowest BCUT2D eigenvalue weighted by molar-refractivity contribution is -0.123. The van der Waals surface area contributed by atoms with Gasteiger partial charge in [-0.15, -0.1) is 0 Å². The van der Waals surface area contributed by atoms with E-state index in [0.717, 1.165) is 26.9 Å². The van der Waals surface area contributed by atoms with Gasteiger partial charge in [0, 0.05) is 0 Å². The van der Waals surface area contributed by atoms with Gasteiger partial charge in [0.05, 0.1) is 17.8 Å². The third kappa shape index (κ3) is 5.44. The molecule has 142 valence electrons. The molecule has 1 amide bonds. The Morgan fingerprint density at radius 3 is 2.43 bits per heavy atom. The number of nitrogens with one attached hydrogen (secondary N) is 1. The molecule has 0 aliphatic carbocycles. The Bertz CT molecular complexity index is 957. The van der Waals surface area contributed by atoms with E-state index >= 15 is 0 Å². The van der Waals surface area contributed by atoms with E-state index in [0.29, 0.717) is 5.75 Å². The second-order valence-electron chi connectivity index (χ2n) is 5.87. The van der Waals surface area contributed by atoms with E-state index in [1.54, 1.807) is 13.3 Å². The van der Waals surface area contributed by atoms with Crippen molar-refractivity contribution in [1.82, 2.24) is 5.43 Å². The van der Waals surface area contributed by atoms with Gasteiger partial charge in [-0.3, -0.25) is 4.79 Å². The number of hydrogen-bond donors (Lipinski definition) is 1. The molecule has 6 heteroatoms. The van der Waals surface area contributed by atoms with Crippen LogP contribution in [0.4, 0.5) is 0 Å². The van der Waals surface area contributed by atoms with Crippen molar-refractivity contribution in [2.75, 3.05) is 13.7 Å². The molecule has 0 spiro atoms. The Morgan fingerprint density at radius 1 is 1.04 bits per heavy atom. The molecular weight excluding hydrogens is 420 g/mol. The molecule has 28 heavy (non-hydrogen) atoms. The van der Waals surface area contributed by atoms with Crippen LogP contribution in [0, 0.1) is 0 Å². The van der Waals surface area contributed by atoms with Crippen molar-refractivity contribution in [2.45, 2.75) is 0 Å². The second kappa shape index (κ2) is 9.71. The maximum atomic E-state index is 11.9. The Labute approximate surface area is 172 Å². The Kier molecular flexibility index (Phi) is 6.81. The highest BCUT2D eigenvalue weighted by Gasteiger charge is 2.03. The van der Waals surface area contributed by atoms with E-state index in [-0.39, 0.29) is 12.5 Å². The number of ether oxygens (including phenoxy) is 2. The van der Waals surface area contributed by atoms with Crippen LogP contribution in [0.15, 0.2) is 82.4 Å². The van der Waals surface area contributed by atoms with Crippen molar-refractivity contribution in [1.29, 1.82) is 0 Å². The van der Waals surface area contributed by atoms with Crippen LogP contribution in [0.3, 0.4) is 0 Å². The Morgan fingerprint density at radius 2 is 1.75 bits per heavy atom.